The first-order chi connectivity index (χ1) is 6.40. The van der Waals surface area contributed by atoms with Crippen LogP contribution in [0.1, 0.15) is 19.8 Å². The van der Waals surface area contributed by atoms with Gasteiger partial charge in [0, 0.05) is 13.5 Å². The van der Waals surface area contributed by atoms with Crippen LogP contribution in [0.4, 0.5) is 13.2 Å². The fourth-order valence-electron chi connectivity index (χ4n) is 1.61. The second-order valence-corrected chi connectivity index (χ2v) is 3.27. The number of hydrogen-bond donors (Lipinski definition) is 0. The number of amides is 1. The molecule has 1 heterocycles. The quantitative estimate of drug-likeness (QED) is 0.693. The predicted octanol–water partition coefficient (Wildman–Crippen LogP) is 1.53. The third-order valence-corrected chi connectivity index (χ3v) is 2.22. The summed E-state index contributed by atoms with van der Waals surface area (Å²) in [5, 5.41) is 0. The summed E-state index contributed by atoms with van der Waals surface area (Å²) in [7, 11) is 0. The Hall–Kier alpha value is -0.780. The molecule has 14 heavy (non-hydrogen) atoms. The SMILES string of the molecule is CC(=O)N1CCC[C@H]1COC(F)(F)F. The van der Waals surface area contributed by atoms with Crippen LogP contribution in [0.15, 0.2) is 0 Å². The zero-order chi connectivity index (χ0) is 10.8. The molecule has 0 bridgehead atoms. The van der Waals surface area contributed by atoms with Gasteiger partial charge >= 0.3 is 6.36 Å². The highest BCUT2D eigenvalue weighted by molar-refractivity contribution is 5.73. The maximum atomic E-state index is 11.7. The van der Waals surface area contributed by atoms with E-state index in [9.17, 15) is 18.0 Å². The van der Waals surface area contributed by atoms with Crippen molar-refractivity contribution in [3.05, 3.63) is 0 Å². The van der Waals surface area contributed by atoms with Crippen LogP contribution in [0, 0.1) is 0 Å². The second-order valence-electron chi connectivity index (χ2n) is 3.27. The molecule has 1 rings (SSSR count). The normalized spacial score (nSPS) is 22.9. The summed E-state index contributed by atoms with van der Waals surface area (Å²) in [5.41, 5.74) is 0. The monoisotopic (exact) mass is 211 g/mol. The van der Waals surface area contributed by atoms with Crippen molar-refractivity contribution in [2.75, 3.05) is 13.2 Å². The first-order valence-electron chi connectivity index (χ1n) is 4.38. The fourth-order valence-corrected chi connectivity index (χ4v) is 1.61. The third-order valence-electron chi connectivity index (χ3n) is 2.22. The number of carbonyl (C=O) groups is 1. The lowest BCUT2D eigenvalue weighted by Gasteiger charge is -2.23. The molecule has 1 saturated heterocycles. The van der Waals surface area contributed by atoms with Crippen LogP contribution in [0.2, 0.25) is 0 Å². The summed E-state index contributed by atoms with van der Waals surface area (Å²) in [6, 6.07) is -0.422. The summed E-state index contributed by atoms with van der Waals surface area (Å²) in [6.45, 7) is 1.43. The van der Waals surface area contributed by atoms with Crippen LogP contribution < -0.4 is 0 Å². The van der Waals surface area contributed by atoms with Gasteiger partial charge < -0.3 is 4.90 Å². The molecule has 1 aliphatic heterocycles. The smallest absolute Gasteiger partial charge is 0.338 e. The molecular formula is C8H12F3NO2. The van der Waals surface area contributed by atoms with E-state index in [0.717, 1.165) is 6.42 Å². The van der Waals surface area contributed by atoms with Gasteiger partial charge in [0.05, 0.1) is 12.6 Å². The molecule has 3 nitrogen and oxygen atoms in total. The highest BCUT2D eigenvalue weighted by Crippen LogP contribution is 2.22. The summed E-state index contributed by atoms with van der Waals surface area (Å²) in [6.07, 6.45) is -3.29. The molecule has 0 aliphatic carbocycles. The zero-order valence-electron chi connectivity index (χ0n) is 7.80. The van der Waals surface area contributed by atoms with Crippen LogP contribution in [-0.2, 0) is 9.53 Å². The maximum Gasteiger partial charge on any atom is 0.522 e. The summed E-state index contributed by atoms with van der Waals surface area (Å²) < 4.78 is 38.8. The van der Waals surface area contributed by atoms with Gasteiger partial charge in [0.25, 0.3) is 0 Å². The Morgan fingerprint density at radius 1 is 1.57 bits per heavy atom. The van der Waals surface area contributed by atoms with Gasteiger partial charge in [0.1, 0.15) is 0 Å². The van der Waals surface area contributed by atoms with E-state index in [2.05, 4.69) is 4.74 Å². The number of hydrogen-bond acceptors (Lipinski definition) is 2. The van der Waals surface area contributed by atoms with Crippen molar-refractivity contribution in [2.45, 2.75) is 32.2 Å². The molecule has 0 aromatic carbocycles. The van der Waals surface area contributed by atoms with Crippen molar-refractivity contribution in [1.82, 2.24) is 4.90 Å². The lowest BCUT2D eigenvalue weighted by atomic mass is 10.2. The Morgan fingerprint density at radius 2 is 2.21 bits per heavy atom. The largest absolute Gasteiger partial charge is 0.522 e. The molecule has 1 amide bonds. The summed E-state index contributed by atoms with van der Waals surface area (Å²) in [5.74, 6) is -0.196. The minimum atomic E-state index is -4.61. The van der Waals surface area contributed by atoms with E-state index in [4.69, 9.17) is 0 Å². The number of rotatable bonds is 2. The van der Waals surface area contributed by atoms with Gasteiger partial charge in [-0.05, 0) is 12.8 Å². The van der Waals surface area contributed by atoms with E-state index in [-0.39, 0.29) is 5.91 Å². The van der Waals surface area contributed by atoms with Crippen LogP contribution in [-0.4, -0.2) is 36.4 Å². The first kappa shape index (κ1) is 11.3. The van der Waals surface area contributed by atoms with Crippen LogP contribution in [0.5, 0.6) is 0 Å². The molecule has 0 aromatic rings. The number of nitrogens with zero attached hydrogens (tertiary/aromatic N) is 1. The topological polar surface area (TPSA) is 29.5 Å². The highest BCUT2D eigenvalue weighted by atomic mass is 19.4. The van der Waals surface area contributed by atoms with E-state index in [0.29, 0.717) is 13.0 Å². The van der Waals surface area contributed by atoms with Crippen LogP contribution >= 0.6 is 0 Å². The number of carbonyl (C=O) groups excluding carboxylic acids is 1. The van der Waals surface area contributed by atoms with Gasteiger partial charge in [-0.15, -0.1) is 13.2 Å². The van der Waals surface area contributed by atoms with Gasteiger partial charge in [-0.1, -0.05) is 0 Å². The molecule has 0 saturated carbocycles. The van der Waals surface area contributed by atoms with E-state index in [1.807, 2.05) is 0 Å². The number of alkyl halides is 3. The summed E-state index contributed by atoms with van der Waals surface area (Å²) in [4.78, 5) is 12.4. The van der Waals surface area contributed by atoms with Gasteiger partial charge in [0.15, 0.2) is 0 Å². The van der Waals surface area contributed by atoms with Gasteiger partial charge in [-0.25, -0.2) is 0 Å². The molecule has 82 valence electrons. The van der Waals surface area contributed by atoms with E-state index >= 15 is 0 Å². The minimum absolute atomic E-state index is 0.196. The van der Waals surface area contributed by atoms with Gasteiger partial charge in [-0.3, -0.25) is 9.53 Å². The average molecular weight is 211 g/mol. The van der Waals surface area contributed by atoms with Gasteiger partial charge in [-0.2, -0.15) is 0 Å². The molecular weight excluding hydrogens is 199 g/mol. The van der Waals surface area contributed by atoms with Crippen molar-refractivity contribution >= 4 is 5.91 Å². The molecule has 1 atom stereocenters. The van der Waals surface area contributed by atoms with Crippen molar-refractivity contribution in [2.24, 2.45) is 0 Å². The maximum absolute atomic E-state index is 11.7. The molecule has 0 spiro atoms. The predicted molar refractivity (Wildman–Crippen MR) is 42.4 cm³/mol. The minimum Gasteiger partial charge on any atom is -0.338 e. The molecule has 0 N–H and O–H groups in total. The number of ether oxygens (including phenoxy) is 1. The lowest BCUT2D eigenvalue weighted by Crippen LogP contribution is -2.38. The molecule has 1 aliphatic rings. The molecule has 0 unspecified atom stereocenters. The second kappa shape index (κ2) is 4.16. The van der Waals surface area contributed by atoms with E-state index < -0.39 is 19.0 Å². The number of likely N-dealkylation sites (tertiary alicyclic amines) is 1. The molecule has 0 radical (unpaired) electrons. The Bertz CT molecular complexity index is 217. The summed E-state index contributed by atoms with van der Waals surface area (Å²) >= 11 is 0. The average Bonchev–Trinajstić information content (AvgIpc) is 2.46. The highest BCUT2D eigenvalue weighted by Gasteiger charge is 2.34. The van der Waals surface area contributed by atoms with Crippen molar-refractivity contribution in [3.8, 4) is 0 Å². The van der Waals surface area contributed by atoms with Crippen molar-refractivity contribution < 1.29 is 22.7 Å². The Labute approximate surface area is 79.8 Å². The zero-order valence-corrected chi connectivity index (χ0v) is 7.80. The number of halogens is 3. The fraction of sp³-hybridized carbons (Fsp3) is 0.875. The van der Waals surface area contributed by atoms with E-state index in [1.165, 1.54) is 11.8 Å². The Kier molecular flexibility index (Phi) is 3.36. The van der Waals surface area contributed by atoms with Crippen molar-refractivity contribution in [1.29, 1.82) is 0 Å². The van der Waals surface area contributed by atoms with Crippen LogP contribution in [0.3, 0.4) is 0 Å². The molecule has 6 heteroatoms. The Balaban J connectivity index is 2.40. The first-order valence-corrected chi connectivity index (χ1v) is 4.38. The molecule has 1 fully saturated rings. The molecule has 0 aromatic heterocycles. The Morgan fingerprint density at radius 3 is 2.71 bits per heavy atom. The van der Waals surface area contributed by atoms with E-state index in [1.54, 1.807) is 0 Å². The third kappa shape index (κ3) is 3.17. The standard InChI is InChI=1S/C8H12F3NO2/c1-6(13)12-4-2-3-7(12)5-14-8(9,10)11/h7H,2-5H2,1H3/t7-/m0/s1. The lowest BCUT2D eigenvalue weighted by molar-refractivity contribution is -0.327. The van der Waals surface area contributed by atoms with Gasteiger partial charge in [0.2, 0.25) is 5.91 Å². The van der Waals surface area contributed by atoms with Crippen molar-refractivity contribution in [3.63, 3.8) is 0 Å². The van der Waals surface area contributed by atoms with Crippen LogP contribution in [0.25, 0.3) is 0 Å².